The molecule has 0 unspecified atom stereocenters. The lowest BCUT2D eigenvalue weighted by atomic mass is 9.98. The van der Waals surface area contributed by atoms with E-state index >= 15 is 19.2 Å². The van der Waals surface area contributed by atoms with E-state index < -0.39 is 137 Å². The molecule has 0 fully saturated rings. The first kappa shape index (κ1) is 88.4. The number of H-pyrrole nitrogens is 1. The number of nitrogens with two attached hydrogens (primary N) is 1. The van der Waals surface area contributed by atoms with Gasteiger partial charge in [0.15, 0.2) is 0 Å². The van der Waals surface area contributed by atoms with Gasteiger partial charge in [0, 0.05) is 66.8 Å². The fraction of sp³-hybridized carbons (Fsp3) is 0.389. The maximum atomic E-state index is 15.8. The molecule has 2 aromatic heterocycles. The predicted octanol–water partition coefficient (Wildman–Crippen LogP) is 10.6. The van der Waals surface area contributed by atoms with Crippen molar-refractivity contribution in [2.45, 2.75) is 205 Å². The minimum absolute atomic E-state index is 0.0123. The predicted molar refractivity (Wildman–Crippen MR) is 447 cm³/mol. The van der Waals surface area contributed by atoms with Crippen LogP contribution in [0.2, 0.25) is 0 Å². The second kappa shape index (κ2) is 40.2. The number of carbonyl (C=O) groups excluding carboxylic acids is 11. The van der Waals surface area contributed by atoms with Crippen LogP contribution in [0.15, 0.2) is 189 Å². The molecule has 1 aliphatic carbocycles. The number of unbranched alkanes of at least 4 members (excludes halogenated alkanes) is 1. The Kier molecular flexibility index (Phi) is 30.3. The molecule has 2 heterocycles. The summed E-state index contributed by atoms with van der Waals surface area (Å²) in [6, 6.07) is 34.2. The topological polar surface area (TPSA) is 380 Å². The van der Waals surface area contributed by atoms with Gasteiger partial charge in [-0.15, -0.1) is 13.2 Å². The first-order valence-corrected chi connectivity index (χ1v) is 39.5. The number of ether oxygens (including phenoxy) is 4. The van der Waals surface area contributed by atoms with Crippen molar-refractivity contribution in [2.24, 2.45) is 11.7 Å². The molecule has 27 heteroatoms. The number of hydrogen-bond donors (Lipinski definition) is 11. The minimum atomic E-state index is -1.67. The Morgan fingerprint density at radius 2 is 0.957 bits per heavy atom. The molecule has 1 aliphatic rings. The van der Waals surface area contributed by atoms with Crippen molar-refractivity contribution < 1.29 is 71.7 Å². The molecule has 0 saturated heterocycles. The number of hydrogen-bond acceptors (Lipinski definition) is 15. The summed E-state index contributed by atoms with van der Waals surface area (Å²) in [6.45, 7) is 26.9. The van der Waals surface area contributed by atoms with Crippen molar-refractivity contribution >= 4 is 87.3 Å². The molecule has 0 bridgehead atoms. The van der Waals surface area contributed by atoms with Crippen molar-refractivity contribution in [3.63, 3.8) is 0 Å². The lowest BCUT2D eigenvalue weighted by molar-refractivity contribution is -0.136. The number of benzene rings is 6. The number of alkyl carbamates (subject to hydrolysis) is 2. The average molecular weight is 1600 g/mol. The molecule has 117 heavy (non-hydrogen) atoms. The Morgan fingerprint density at radius 1 is 0.479 bits per heavy atom. The second-order valence-corrected chi connectivity index (χ2v) is 32.5. The van der Waals surface area contributed by atoms with Gasteiger partial charge in [0.25, 0.3) is 0 Å². The number of aromatic nitrogens is 2. The maximum Gasteiger partial charge on any atom is 0.419 e. The van der Waals surface area contributed by atoms with Gasteiger partial charge in [-0.1, -0.05) is 153 Å². The van der Waals surface area contributed by atoms with Crippen molar-refractivity contribution in [3.8, 4) is 16.9 Å². The van der Waals surface area contributed by atoms with Crippen LogP contribution in [0.4, 0.5) is 14.4 Å². The first-order valence-electron chi connectivity index (χ1n) is 39.5. The fourth-order valence-electron chi connectivity index (χ4n) is 13.8. The van der Waals surface area contributed by atoms with Crippen LogP contribution < -0.4 is 58.3 Å². The monoisotopic (exact) mass is 1600 g/mol. The summed E-state index contributed by atoms with van der Waals surface area (Å²) in [5, 5.41) is 26.4. The third kappa shape index (κ3) is 25.5. The molecule has 620 valence electrons. The largest absolute Gasteiger partial charge is 0.488 e. The average Bonchev–Trinajstić information content (AvgIpc) is 1.62. The van der Waals surface area contributed by atoms with Crippen LogP contribution in [0.1, 0.15) is 148 Å². The van der Waals surface area contributed by atoms with Crippen LogP contribution in [0.5, 0.6) is 5.75 Å². The molecule has 0 spiro atoms. The Hall–Kier alpha value is -12.6. The maximum absolute atomic E-state index is 15.8. The van der Waals surface area contributed by atoms with E-state index in [1.807, 2.05) is 93.6 Å². The highest BCUT2D eigenvalue weighted by Crippen LogP contribution is 2.44. The summed E-state index contributed by atoms with van der Waals surface area (Å²) in [7, 11) is 0. The van der Waals surface area contributed by atoms with Crippen LogP contribution in [0.25, 0.3) is 32.9 Å². The third-order valence-corrected chi connectivity index (χ3v) is 19.4. The summed E-state index contributed by atoms with van der Waals surface area (Å²) in [5.41, 5.74) is 10.9. The second-order valence-electron chi connectivity index (χ2n) is 32.5. The van der Waals surface area contributed by atoms with E-state index in [0.717, 1.165) is 33.2 Å². The van der Waals surface area contributed by atoms with Gasteiger partial charge in [0.2, 0.25) is 47.3 Å². The SMILES string of the molecule is C=CC[C@H](NC(=O)[C@@H](Cc1ccccc1)NC(=O)OCC1c2ccccc2-c2ccccc21)C(=O)N[C@@H](Cc1ccc(OC(C)(C)C)cc1)C(=O)N[C@@H](Cc1cn(C(=O)OC(C)(C)C)c2ccccc12)C(=O)N[C@@H](CCCCNC(=O)OC(C)(C)C)C(=O)N[C@@H](C(=O)N[C@H](CC=C)C(=O)N[C@H](Cc1c[nH]c2ccccc12)C(N)=O)C(C)C. The van der Waals surface area contributed by atoms with Crippen LogP contribution in [0, 0.1) is 5.92 Å². The molecular formula is C90H110N12O15. The van der Waals surface area contributed by atoms with E-state index in [-0.39, 0.29) is 76.9 Å². The van der Waals surface area contributed by atoms with Crippen molar-refractivity contribution in [3.05, 3.63) is 223 Å². The summed E-state index contributed by atoms with van der Waals surface area (Å²) < 4.78 is 24.6. The van der Waals surface area contributed by atoms with Gasteiger partial charge in [-0.2, -0.15) is 0 Å². The van der Waals surface area contributed by atoms with Gasteiger partial charge in [0.05, 0.1) is 5.52 Å². The van der Waals surface area contributed by atoms with E-state index in [9.17, 15) is 33.6 Å². The van der Waals surface area contributed by atoms with Crippen LogP contribution in [0.3, 0.4) is 0 Å². The number of primary amides is 1. The number of fused-ring (bicyclic) bond motifs is 5. The standard InChI is InChI=1S/C90H110N12O15/c1-14-29-68(94-82(108)73(47-55-31-17-16-18-32-55)100-86(112)114-53-66-64-37-21-19-35-62(64)63-36-20-22-38-65(63)66)79(105)98-72(48-56-42-44-59(45-43-56)115-88(5,6)7)81(107)99-74(50-58-52-102(87(113)117-90(11,12)13)75-41-26-24-34-61(58)75)83(109)95-70(40-27-28-46-92-85(111)116-89(8,9)10)80(106)101-76(54(3)4)84(110)96-69(30-15-2)78(104)97-71(77(91)103)49-57-51-93-67-39-25-23-33-60(57)67/h14-26,31-39,41-45,51-52,54,66,68-74,76,93H,1-2,27-30,40,46-50,53H2,3-13H3,(H2,91,103)(H,92,111)(H,94,108)(H,95,109)(H,96,110)(H,97,104)(H,98,105)(H,99,107)(H,100,112)(H,101,106)/t68-,69+,70-,71+,72-,73+,74-,76+/m0/s1. The number of para-hydroxylation sites is 2. The van der Waals surface area contributed by atoms with Crippen LogP contribution in [-0.2, 0) is 78.3 Å². The summed E-state index contributed by atoms with van der Waals surface area (Å²) in [6.07, 6.45) is 2.97. The molecule has 12 N–H and O–H groups in total. The first-order chi connectivity index (χ1) is 55.5. The number of nitrogens with zero attached hydrogens (tertiary/aromatic N) is 1. The van der Waals surface area contributed by atoms with Gasteiger partial charge in [-0.05, 0) is 169 Å². The highest BCUT2D eigenvalue weighted by Gasteiger charge is 2.38. The quantitative estimate of drug-likeness (QED) is 0.00979. The highest BCUT2D eigenvalue weighted by atomic mass is 16.6. The Morgan fingerprint density at radius 3 is 1.53 bits per heavy atom. The lowest BCUT2D eigenvalue weighted by Crippen LogP contribution is -2.61. The van der Waals surface area contributed by atoms with Crippen LogP contribution >= 0.6 is 0 Å². The fourth-order valence-corrected chi connectivity index (χ4v) is 13.8. The van der Waals surface area contributed by atoms with E-state index in [2.05, 4.69) is 66.0 Å². The molecule has 10 amide bonds. The number of nitrogens with one attached hydrogen (secondary N) is 10. The Balaban J connectivity index is 1.02. The zero-order chi connectivity index (χ0) is 84.9. The molecule has 27 nitrogen and oxygen atoms in total. The smallest absolute Gasteiger partial charge is 0.419 e. The number of aromatic amines is 1. The van der Waals surface area contributed by atoms with Crippen LogP contribution in [-0.4, -0.2) is 153 Å². The number of amides is 10. The molecule has 8 atom stereocenters. The Bertz CT molecular complexity index is 4830. The zero-order valence-electron chi connectivity index (χ0n) is 68.4. The lowest BCUT2D eigenvalue weighted by Gasteiger charge is -2.29. The highest BCUT2D eigenvalue weighted by molar-refractivity contribution is 6.00. The number of rotatable bonds is 37. The van der Waals surface area contributed by atoms with E-state index in [1.54, 1.807) is 140 Å². The zero-order valence-corrected chi connectivity index (χ0v) is 68.4. The van der Waals surface area contributed by atoms with Gasteiger partial charge in [-0.3, -0.25) is 42.9 Å². The molecule has 9 rings (SSSR count). The summed E-state index contributed by atoms with van der Waals surface area (Å²) in [4.78, 5) is 163. The Labute approximate surface area is 682 Å². The van der Waals surface area contributed by atoms with Crippen molar-refractivity contribution in [1.82, 2.24) is 57.4 Å². The molecule has 0 radical (unpaired) electrons. The summed E-state index contributed by atoms with van der Waals surface area (Å²) >= 11 is 0. The molecule has 6 aromatic carbocycles. The molecule has 0 saturated carbocycles. The molecule has 0 aliphatic heterocycles. The summed E-state index contributed by atoms with van der Waals surface area (Å²) in [5.74, 6) is -7.31. The molecule has 8 aromatic rings. The molecular weight excluding hydrogens is 1490 g/mol. The van der Waals surface area contributed by atoms with E-state index in [4.69, 9.17) is 24.7 Å². The number of carbonyl (C=O) groups is 11. The normalized spacial score (nSPS) is 14.1. The van der Waals surface area contributed by atoms with E-state index in [0.29, 0.717) is 38.9 Å². The third-order valence-electron chi connectivity index (χ3n) is 19.4. The van der Waals surface area contributed by atoms with Gasteiger partial charge in [-0.25, -0.2) is 14.4 Å². The van der Waals surface area contributed by atoms with Gasteiger partial charge < -0.3 is 77.5 Å². The van der Waals surface area contributed by atoms with Gasteiger partial charge in [0.1, 0.15) is 77.5 Å². The van der Waals surface area contributed by atoms with Crippen molar-refractivity contribution in [1.29, 1.82) is 0 Å². The van der Waals surface area contributed by atoms with Gasteiger partial charge >= 0.3 is 18.3 Å². The van der Waals surface area contributed by atoms with Crippen molar-refractivity contribution in [2.75, 3.05) is 13.2 Å². The minimum Gasteiger partial charge on any atom is -0.488 e. The van der Waals surface area contributed by atoms with E-state index in [1.165, 1.54) is 22.9 Å².